The number of ether oxygens (including phenoxy) is 1. The van der Waals surface area contributed by atoms with E-state index in [-0.39, 0.29) is 17.9 Å². The Morgan fingerprint density at radius 3 is 2.83 bits per heavy atom. The molecule has 1 rings (SSSR count). The summed E-state index contributed by atoms with van der Waals surface area (Å²) in [5.74, 6) is 0.645. The first-order valence-electron chi connectivity index (χ1n) is 6.75. The maximum Gasteiger partial charge on any atom is 0.308 e. The molecule has 0 heterocycles. The Balaban J connectivity index is 2.38. The van der Waals surface area contributed by atoms with E-state index in [1.807, 2.05) is 6.92 Å². The van der Waals surface area contributed by atoms with E-state index >= 15 is 0 Å². The Kier molecular flexibility index (Phi) is 6.86. The summed E-state index contributed by atoms with van der Waals surface area (Å²) >= 11 is 0. The van der Waals surface area contributed by atoms with E-state index in [0.717, 1.165) is 25.7 Å². The molecule has 0 saturated heterocycles. The number of esters is 1. The zero-order chi connectivity index (χ0) is 13.5. The van der Waals surface area contributed by atoms with Gasteiger partial charge in [-0.1, -0.05) is 6.42 Å². The highest BCUT2D eigenvalue weighted by molar-refractivity contribution is 7.84. The van der Waals surface area contributed by atoms with Gasteiger partial charge in [-0.25, -0.2) is 0 Å². The van der Waals surface area contributed by atoms with Crippen molar-refractivity contribution in [2.24, 2.45) is 5.92 Å². The van der Waals surface area contributed by atoms with Crippen LogP contribution in [0, 0.1) is 5.92 Å². The van der Waals surface area contributed by atoms with E-state index in [4.69, 9.17) is 4.74 Å². The summed E-state index contributed by atoms with van der Waals surface area (Å²) in [6.07, 6.45) is 5.66. The van der Waals surface area contributed by atoms with Crippen molar-refractivity contribution in [1.82, 2.24) is 5.32 Å². The monoisotopic (exact) mass is 275 g/mol. The minimum absolute atomic E-state index is 0.0375. The van der Waals surface area contributed by atoms with Crippen molar-refractivity contribution < 1.29 is 13.7 Å². The van der Waals surface area contributed by atoms with Gasteiger partial charge in [0, 0.05) is 34.9 Å². The molecule has 0 spiro atoms. The summed E-state index contributed by atoms with van der Waals surface area (Å²) in [5, 5.41) is 3.48. The van der Waals surface area contributed by atoms with Crippen LogP contribution in [0.4, 0.5) is 0 Å². The van der Waals surface area contributed by atoms with Gasteiger partial charge in [0.15, 0.2) is 0 Å². The fourth-order valence-electron chi connectivity index (χ4n) is 2.62. The molecule has 0 amide bonds. The molecule has 4 nitrogen and oxygen atoms in total. The molecule has 0 bridgehead atoms. The lowest BCUT2D eigenvalue weighted by molar-refractivity contribution is -0.149. The Hall–Kier alpha value is -0.420. The predicted molar refractivity (Wildman–Crippen MR) is 73.9 cm³/mol. The number of nitrogens with one attached hydrogen (secondary N) is 1. The molecular formula is C13H25NO3S. The largest absolute Gasteiger partial charge is 0.466 e. The highest BCUT2D eigenvalue weighted by Crippen LogP contribution is 2.25. The third-order valence-electron chi connectivity index (χ3n) is 3.30. The van der Waals surface area contributed by atoms with Gasteiger partial charge >= 0.3 is 5.97 Å². The van der Waals surface area contributed by atoms with Crippen molar-refractivity contribution >= 4 is 16.8 Å². The van der Waals surface area contributed by atoms with Crippen LogP contribution >= 0.6 is 0 Å². The van der Waals surface area contributed by atoms with Gasteiger partial charge in [0.05, 0.1) is 12.5 Å². The van der Waals surface area contributed by atoms with Crippen molar-refractivity contribution in [3.8, 4) is 0 Å². The highest BCUT2D eigenvalue weighted by Gasteiger charge is 2.28. The number of carbonyl (C=O) groups is 1. The van der Waals surface area contributed by atoms with Crippen LogP contribution in [0.5, 0.6) is 0 Å². The molecule has 4 unspecified atom stereocenters. The average Bonchev–Trinajstić information content (AvgIpc) is 2.28. The van der Waals surface area contributed by atoms with Gasteiger partial charge in [-0.3, -0.25) is 9.00 Å². The van der Waals surface area contributed by atoms with Crippen molar-refractivity contribution in [3.63, 3.8) is 0 Å². The van der Waals surface area contributed by atoms with E-state index < -0.39 is 10.8 Å². The van der Waals surface area contributed by atoms with E-state index in [1.165, 1.54) is 0 Å². The van der Waals surface area contributed by atoms with Gasteiger partial charge in [0.2, 0.25) is 0 Å². The molecule has 1 aliphatic carbocycles. The number of carbonyl (C=O) groups excluding carboxylic acids is 1. The molecule has 4 atom stereocenters. The Bertz CT molecular complexity index is 296. The molecule has 5 heteroatoms. The van der Waals surface area contributed by atoms with Crippen molar-refractivity contribution in [2.75, 3.05) is 18.6 Å². The molecule has 0 radical (unpaired) electrons. The molecular weight excluding hydrogens is 250 g/mol. The van der Waals surface area contributed by atoms with Crippen LogP contribution in [0.2, 0.25) is 0 Å². The first-order valence-corrected chi connectivity index (χ1v) is 8.48. The van der Waals surface area contributed by atoms with Gasteiger partial charge in [-0.05, 0) is 33.1 Å². The van der Waals surface area contributed by atoms with Crippen LogP contribution in [-0.4, -0.2) is 40.9 Å². The zero-order valence-electron chi connectivity index (χ0n) is 11.6. The van der Waals surface area contributed by atoms with Crippen LogP contribution < -0.4 is 5.32 Å². The van der Waals surface area contributed by atoms with E-state index in [1.54, 1.807) is 6.26 Å². The smallest absolute Gasteiger partial charge is 0.308 e. The van der Waals surface area contributed by atoms with Crippen molar-refractivity contribution in [1.29, 1.82) is 0 Å². The summed E-state index contributed by atoms with van der Waals surface area (Å²) in [7, 11) is -0.775. The molecule has 0 aromatic carbocycles. The fourth-order valence-corrected chi connectivity index (χ4v) is 3.42. The molecule has 1 fully saturated rings. The molecule has 106 valence electrons. The predicted octanol–water partition coefficient (Wildman–Crippen LogP) is 1.46. The van der Waals surface area contributed by atoms with E-state index in [0.29, 0.717) is 18.4 Å². The minimum Gasteiger partial charge on any atom is -0.466 e. The summed E-state index contributed by atoms with van der Waals surface area (Å²) in [4.78, 5) is 11.7. The van der Waals surface area contributed by atoms with E-state index in [9.17, 15) is 9.00 Å². The molecule has 0 aromatic rings. The topological polar surface area (TPSA) is 55.4 Å². The average molecular weight is 275 g/mol. The number of hydrogen-bond acceptors (Lipinski definition) is 4. The molecule has 18 heavy (non-hydrogen) atoms. The lowest BCUT2D eigenvalue weighted by atomic mass is 9.85. The Morgan fingerprint density at radius 2 is 2.22 bits per heavy atom. The summed E-state index contributed by atoms with van der Waals surface area (Å²) in [6, 6.07) is 0.591. The van der Waals surface area contributed by atoms with Gasteiger partial charge < -0.3 is 10.1 Å². The van der Waals surface area contributed by atoms with Crippen LogP contribution in [0.25, 0.3) is 0 Å². The van der Waals surface area contributed by atoms with Crippen molar-refractivity contribution in [3.05, 3.63) is 0 Å². The zero-order valence-corrected chi connectivity index (χ0v) is 12.4. The van der Waals surface area contributed by atoms with Gasteiger partial charge in [0.1, 0.15) is 0 Å². The van der Waals surface area contributed by atoms with Gasteiger partial charge in [-0.15, -0.1) is 0 Å². The molecule has 0 aromatic heterocycles. The lowest BCUT2D eigenvalue weighted by Crippen LogP contribution is -2.43. The normalized spacial score (nSPS) is 27.5. The van der Waals surface area contributed by atoms with Crippen LogP contribution in [-0.2, 0) is 20.3 Å². The van der Waals surface area contributed by atoms with Crippen molar-refractivity contribution in [2.45, 2.75) is 51.6 Å². The summed E-state index contributed by atoms with van der Waals surface area (Å²) < 4.78 is 16.2. The first-order chi connectivity index (χ1) is 8.52. The minimum atomic E-state index is -0.775. The fraction of sp³-hybridized carbons (Fsp3) is 0.923. The van der Waals surface area contributed by atoms with Crippen LogP contribution in [0.15, 0.2) is 0 Å². The van der Waals surface area contributed by atoms with Crippen LogP contribution in [0.1, 0.15) is 39.5 Å². The Morgan fingerprint density at radius 1 is 1.50 bits per heavy atom. The van der Waals surface area contributed by atoms with E-state index in [2.05, 4.69) is 12.2 Å². The van der Waals surface area contributed by atoms with Gasteiger partial charge in [0.25, 0.3) is 0 Å². The molecule has 1 aliphatic rings. The quantitative estimate of drug-likeness (QED) is 0.746. The maximum atomic E-state index is 11.7. The third-order valence-corrected chi connectivity index (χ3v) is 4.27. The van der Waals surface area contributed by atoms with Crippen LogP contribution in [0.3, 0.4) is 0 Å². The van der Waals surface area contributed by atoms with Gasteiger partial charge in [-0.2, -0.15) is 0 Å². The second-order valence-electron chi connectivity index (χ2n) is 5.12. The number of rotatable bonds is 6. The number of hydrogen-bond donors (Lipinski definition) is 1. The Labute approximate surface area is 112 Å². The third kappa shape index (κ3) is 5.48. The second kappa shape index (κ2) is 7.89. The second-order valence-corrected chi connectivity index (χ2v) is 6.60. The summed E-state index contributed by atoms with van der Waals surface area (Å²) in [5.41, 5.74) is 0. The maximum absolute atomic E-state index is 11.7. The summed E-state index contributed by atoms with van der Waals surface area (Å²) in [6.45, 7) is 4.35. The first kappa shape index (κ1) is 15.6. The lowest BCUT2D eigenvalue weighted by Gasteiger charge is -2.30. The molecule has 0 aliphatic heterocycles. The highest BCUT2D eigenvalue weighted by atomic mass is 32.2. The molecule has 1 saturated carbocycles. The molecule has 1 N–H and O–H groups in total. The standard InChI is InChI=1S/C13H25NO3S/c1-4-17-13(15)11-6-5-7-12(8-11)14-10(2)9-18(3)16/h10-12,14H,4-9H2,1-3H3. The SMILES string of the molecule is CCOC(=O)C1CCCC(NC(C)CS(C)=O)C1.